The quantitative estimate of drug-likeness (QED) is 0.887. The summed E-state index contributed by atoms with van der Waals surface area (Å²) in [7, 11) is -3.42. The van der Waals surface area contributed by atoms with Crippen molar-refractivity contribution in [3.63, 3.8) is 0 Å². The van der Waals surface area contributed by atoms with Gasteiger partial charge in [-0.1, -0.05) is 24.4 Å². The zero-order chi connectivity index (χ0) is 14.2. The van der Waals surface area contributed by atoms with E-state index in [4.69, 9.17) is 4.52 Å². The number of nitrogens with zero attached hydrogens (tertiary/aromatic N) is 2. The molecule has 1 aromatic heterocycles. The Morgan fingerprint density at radius 1 is 1.25 bits per heavy atom. The molecule has 0 aromatic carbocycles. The highest BCUT2D eigenvalue weighted by molar-refractivity contribution is 7.90. The van der Waals surface area contributed by atoms with Crippen molar-refractivity contribution in [3.8, 4) is 0 Å². The van der Waals surface area contributed by atoms with Gasteiger partial charge < -0.3 is 9.63 Å². The van der Waals surface area contributed by atoms with Crippen molar-refractivity contribution >= 4 is 9.84 Å². The number of hydrogen-bond donors (Lipinski definition) is 1. The third-order valence-corrected chi connectivity index (χ3v) is 5.71. The van der Waals surface area contributed by atoms with Gasteiger partial charge in [-0.2, -0.15) is 4.98 Å². The molecule has 2 saturated carbocycles. The molecule has 2 aliphatic rings. The van der Waals surface area contributed by atoms with Crippen LogP contribution in [0.1, 0.15) is 62.6 Å². The van der Waals surface area contributed by atoms with E-state index < -0.39 is 15.4 Å². The lowest BCUT2D eigenvalue weighted by molar-refractivity contribution is 0.0257. The average molecular weight is 300 g/mol. The third kappa shape index (κ3) is 3.38. The molecule has 0 aliphatic heterocycles. The molecule has 2 aliphatic carbocycles. The lowest BCUT2D eigenvalue weighted by Crippen LogP contribution is -2.39. The second-order valence-electron chi connectivity index (χ2n) is 6.14. The number of hydrogen-bond acceptors (Lipinski definition) is 6. The van der Waals surface area contributed by atoms with Gasteiger partial charge in [0.1, 0.15) is 5.75 Å². The van der Waals surface area contributed by atoms with Gasteiger partial charge in [-0.3, -0.25) is 0 Å². The minimum Gasteiger partial charge on any atom is -0.389 e. The summed E-state index contributed by atoms with van der Waals surface area (Å²) in [5.74, 6) is 0.637. The first-order valence-electron chi connectivity index (χ1n) is 7.21. The van der Waals surface area contributed by atoms with E-state index in [1.165, 1.54) is 0 Å². The smallest absolute Gasteiger partial charge is 0.229 e. The minimum absolute atomic E-state index is 0.201. The van der Waals surface area contributed by atoms with Crippen molar-refractivity contribution in [2.75, 3.05) is 5.75 Å². The van der Waals surface area contributed by atoms with E-state index in [-0.39, 0.29) is 17.3 Å². The summed E-state index contributed by atoms with van der Waals surface area (Å²) >= 11 is 0. The fourth-order valence-electron chi connectivity index (χ4n) is 2.83. The summed E-state index contributed by atoms with van der Waals surface area (Å²) in [4.78, 5) is 4.13. The van der Waals surface area contributed by atoms with Crippen LogP contribution in [0.3, 0.4) is 0 Å². The summed E-state index contributed by atoms with van der Waals surface area (Å²) in [5, 5.41) is 14.1. The average Bonchev–Trinajstić information content (AvgIpc) is 3.10. The monoisotopic (exact) mass is 300 g/mol. The van der Waals surface area contributed by atoms with Gasteiger partial charge in [-0.15, -0.1) is 0 Å². The lowest BCUT2D eigenvalue weighted by Gasteiger charge is -2.31. The topological polar surface area (TPSA) is 93.3 Å². The first-order chi connectivity index (χ1) is 9.46. The minimum atomic E-state index is -3.42. The highest BCUT2D eigenvalue weighted by Crippen LogP contribution is 2.39. The molecule has 0 amide bonds. The SMILES string of the molecule is O=S(=O)(Cc1noc(C2CC2)n1)CC1(O)CCCCC1. The van der Waals surface area contributed by atoms with Gasteiger partial charge in [-0.05, 0) is 25.7 Å². The zero-order valence-corrected chi connectivity index (χ0v) is 12.2. The Morgan fingerprint density at radius 3 is 2.60 bits per heavy atom. The van der Waals surface area contributed by atoms with Crippen molar-refractivity contribution in [3.05, 3.63) is 11.7 Å². The van der Waals surface area contributed by atoms with Crippen molar-refractivity contribution in [1.29, 1.82) is 0 Å². The highest BCUT2D eigenvalue weighted by Gasteiger charge is 2.36. The van der Waals surface area contributed by atoms with E-state index >= 15 is 0 Å². The zero-order valence-electron chi connectivity index (χ0n) is 11.4. The Kier molecular flexibility index (Phi) is 3.58. The predicted molar refractivity (Wildman–Crippen MR) is 71.8 cm³/mol. The van der Waals surface area contributed by atoms with E-state index in [0.29, 0.717) is 24.7 Å². The summed E-state index contributed by atoms with van der Waals surface area (Å²) in [5.41, 5.74) is -1.07. The maximum Gasteiger partial charge on any atom is 0.229 e. The fourth-order valence-corrected chi connectivity index (χ4v) is 4.55. The normalized spacial score (nSPS) is 22.9. The summed E-state index contributed by atoms with van der Waals surface area (Å²) in [6, 6.07) is 0. The maximum absolute atomic E-state index is 12.2. The molecular weight excluding hydrogens is 280 g/mol. The Bertz CT molecular complexity index is 571. The van der Waals surface area contributed by atoms with E-state index in [1.807, 2.05) is 0 Å². The van der Waals surface area contributed by atoms with Gasteiger partial charge >= 0.3 is 0 Å². The predicted octanol–water partition coefficient (Wildman–Crippen LogP) is 1.56. The van der Waals surface area contributed by atoms with E-state index in [9.17, 15) is 13.5 Å². The molecule has 0 atom stereocenters. The van der Waals surface area contributed by atoms with Crippen LogP contribution >= 0.6 is 0 Å². The Hall–Kier alpha value is -0.950. The lowest BCUT2D eigenvalue weighted by atomic mass is 9.86. The molecule has 0 saturated heterocycles. The van der Waals surface area contributed by atoms with Crippen molar-refractivity contribution in [2.24, 2.45) is 0 Å². The van der Waals surface area contributed by atoms with Crippen LogP contribution in [0, 0.1) is 0 Å². The van der Waals surface area contributed by atoms with Crippen molar-refractivity contribution < 1.29 is 18.0 Å². The van der Waals surface area contributed by atoms with Gasteiger partial charge in [0.25, 0.3) is 0 Å². The van der Waals surface area contributed by atoms with Gasteiger partial charge in [0.2, 0.25) is 5.89 Å². The van der Waals surface area contributed by atoms with Crippen molar-refractivity contribution in [1.82, 2.24) is 10.1 Å². The highest BCUT2D eigenvalue weighted by atomic mass is 32.2. The molecular formula is C13H20N2O4S. The molecule has 112 valence electrons. The first-order valence-corrected chi connectivity index (χ1v) is 9.03. The van der Waals surface area contributed by atoms with E-state index in [2.05, 4.69) is 10.1 Å². The Balaban J connectivity index is 1.64. The second kappa shape index (κ2) is 5.11. The van der Waals surface area contributed by atoms with E-state index in [0.717, 1.165) is 32.1 Å². The number of sulfone groups is 1. The molecule has 1 aromatic rings. The number of aliphatic hydroxyl groups is 1. The van der Waals surface area contributed by atoms with Crippen LogP contribution in [-0.2, 0) is 15.6 Å². The molecule has 0 radical (unpaired) electrons. The van der Waals surface area contributed by atoms with Gasteiger partial charge in [-0.25, -0.2) is 8.42 Å². The van der Waals surface area contributed by atoms with Crippen LogP contribution in [0.25, 0.3) is 0 Å². The van der Waals surface area contributed by atoms with Crippen LogP contribution < -0.4 is 0 Å². The molecule has 1 heterocycles. The van der Waals surface area contributed by atoms with Crippen molar-refractivity contribution in [2.45, 2.75) is 62.2 Å². The van der Waals surface area contributed by atoms with Crippen LogP contribution in [0.4, 0.5) is 0 Å². The molecule has 6 nitrogen and oxygen atoms in total. The molecule has 0 spiro atoms. The van der Waals surface area contributed by atoms with Crippen LogP contribution in [0.2, 0.25) is 0 Å². The van der Waals surface area contributed by atoms with Crippen LogP contribution in [0.5, 0.6) is 0 Å². The Morgan fingerprint density at radius 2 is 1.95 bits per heavy atom. The summed E-state index contributed by atoms with van der Waals surface area (Å²) in [6.45, 7) is 0. The van der Waals surface area contributed by atoms with Crippen LogP contribution in [-0.4, -0.2) is 35.0 Å². The summed E-state index contributed by atoms with van der Waals surface area (Å²) in [6.07, 6.45) is 6.04. The first kappa shape index (κ1) is 14.0. The molecule has 20 heavy (non-hydrogen) atoms. The number of aromatic nitrogens is 2. The molecule has 1 N–H and O–H groups in total. The maximum atomic E-state index is 12.2. The fraction of sp³-hybridized carbons (Fsp3) is 0.846. The number of rotatable bonds is 5. The largest absolute Gasteiger partial charge is 0.389 e. The third-order valence-electron chi connectivity index (χ3n) is 4.03. The van der Waals surface area contributed by atoms with Gasteiger partial charge in [0.05, 0.1) is 11.4 Å². The molecule has 3 rings (SSSR count). The van der Waals surface area contributed by atoms with Crippen LogP contribution in [0.15, 0.2) is 4.52 Å². The second-order valence-corrected chi connectivity index (χ2v) is 8.20. The molecule has 2 fully saturated rings. The van der Waals surface area contributed by atoms with Gasteiger partial charge in [0.15, 0.2) is 15.7 Å². The summed E-state index contributed by atoms with van der Waals surface area (Å²) < 4.78 is 29.4. The molecule has 0 bridgehead atoms. The van der Waals surface area contributed by atoms with E-state index in [1.54, 1.807) is 0 Å². The standard InChI is InChI=1S/C13H20N2O4S/c16-13(6-2-1-3-7-13)9-20(17,18)8-11-14-12(19-15-11)10-4-5-10/h10,16H,1-9H2. The molecule has 7 heteroatoms. The Labute approximate surface area is 118 Å². The molecule has 0 unspecified atom stereocenters. The van der Waals surface area contributed by atoms with Gasteiger partial charge in [0, 0.05) is 5.92 Å².